The van der Waals surface area contributed by atoms with Crippen molar-refractivity contribution < 1.29 is 40.7 Å². The van der Waals surface area contributed by atoms with Gasteiger partial charge in [0.15, 0.2) is 6.10 Å². The lowest BCUT2D eigenvalue weighted by atomic mass is 10.1. The van der Waals surface area contributed by atoms with Gasteiger partial charge in [-0.1, -0.05) is 26.0 Å². The Morgan fingerprint density at radius 3 is 2.08 bits per heavy atom. The van der Waals surface area contributed by atoms with Crippen molar-refractivity contribution in [2.75, 3.05) is 17.7 Å². The van der Waals surface area contributed by atoms with Crippen molar-refractivity contribution >= 4 is 45.0 Å². The van der Waals surface area contributed by atoms with Gasteiger partial charge in [-0.05, 0) is 37.4 Å². The number of aromatic nitrogens is 2. The first kappa shape index (κ1) is 29.3. The SMILES string of the molecule is CNS(=O)(=O)c1cccc(Nc2cc(Nc3cccc(OC(C(=O)OC(=O)C(F)(F)F)C(C)C)c3)ncn2)c1. The molecule has 1 heterocycles. The van der Waals surface area contributed by atoms with Crippen molar-refractivity contribution in [2.45, 2.75) is 31.0 Å². The maximum atomic E-state index is 12.5. The Bertz CT molecular complexity index is 1450. The summed E-state index contributed by atoms with van der Waals surface area (Å²) in [5.74, 6) is -3.92. The van der Waals surface area contributed by atoms with Gasteiger partial charge < -0.3 is 20.1 Å². The monoisotopic (exact) mass is 567 g/mol. The first-order valence-corrected chi connectivity index (χ1v) is 12.8. The van der Waals surface area contributed by atoms with E-state index in [9.17, 15) is 31.2 Å². The molecule has 208 valence electrons. The molecule has 0 aliphatic heterocycles. The standard InChI is InChI=1S/C24H24F3N5O6S/c1-14(2)21(22(33)38-23(34)24(25,26)27)37-17-8-4-6-15(10-17)31-19-12-20(30-13-29-19)32-16-7-5-9-18(11-16)39(35,36)28-3/h4-14,21,28H,1-3H3,(H2,29,30,31,32). The number of carbonyl (C=O) groups is 2. The minimum atomic E-state index is -5.32. The van der Waals surface area contributed by atoms with E-state index in [2.05, 4.69) is 30.1 Å². The predicted octanol–water partition coefficient (Wildman–Crippen LogP) is 3.91. The van der Waals surface area contributed by atoms with E-state index in [0.29, 0.717) is 23.0 Å². The van der Waals surface area contributed by atoms with Gasteiger partial charge in [-0.25, -0.2) is 32.7 Å². The Morgan fingerprint density at radius 1 is 0.923 bits per heavy atom. The van der Waals surface area contributed by atoms with Gasteiger partial charge in [0.25, 0.3) is 0 Å². The number of nitrogens with one attached hydrogen (secondary N) is 3. The molecule has 1 unspecified atom stereocenters. The van der Waals surface area contributed by atoms with E-state index in [-0.39, 0.29) is 10.6 Å². The normalized spacial score (nSPS) is 12.5. The zero-order valence-electron chi connectivity index (χ0n) is 20.8. The van der Waals surface area contributed by atoms with Crippen molar-refractivity contribution in [3.05, 3.63) is 60.9 Å². The van der Waals surface area contributed by atoms with Crippen LogP contribution in [0.15, 0.2) is 65.8 Å². The molecule has 0 saturated heterocycles. The lowest BCUT2D eigenvalue weighted by Crippen LogP contribution is -2.38. The maximum Gasteiger partial charge on any atom is 0.491 e. The Hall–Kier alpha value is -4.24. The molecule has 0 aliphatic rings. The first-order valence-electron chi connectivity index (χ1n) is 11.3. The van der Waals surface area contributed by atoms with Crippen molar-refractivity contribution in [2.24, 2.45) is 5.92 Å². The Morgan fingerprint density at radius 2 is 1.51 bits per heavy atom. The zero-order chi connectivity index (χ0) is 28.8. The zero-order valence-corrected chi connectivity index (χ0v) is 21.6. The van der Waals surface area contributed by atoms with Crippen LogP contribution in [0.3, 0.4) is 0 Å². The fourth-order valence-corrected chi connectivity index (χ4v) is 3.88. The van der Waals surface area contributed by atoms with E-state index >= 15 is 0 Å². The molecule has 0 fully saturated rings. The van der Waals surface area contributed by atoms with Crippen molar-refractivity contribution in [3.63, 3.8) is 0 Å². The summed E-state index contributed by atoms with van der Waals surface area (Å²) in [4.78, 5) is 31.5. The first-order chi connectivity index (χ1) is 18.3. The van der Waals surface area contributed by atoms with Crippen LogP contribution in [0, 0.1) is 5.92 Å². The lowest BCUT2D eigenvalue weighted by molar-refractivity contribution is -0.204. The molecule has 0 spiro atoms. The Kier molecular flexibility index (Phi) is 9.08. The fourth-order valence-electron chi connectivity index (χ4n) is 3.11. The summed E-state index contributed by atoms with van der Waals surface area (Å²) in [7, 11) is -2.33. The van der Waals surface area contributed by atoms with Crippen molar-refractivity contribution in [1.82, 2.24) is 14.7 Å². The van der Waals surface area contributed by atoms with Crippen LogP contribution < -0.4 is 20.1 Å². The molecule has 0 radical (unpaired) electrons. The number of esters is 2. The molecule has 15 heteroatoms. The third kappa shape index (κ3) is 8.12. The van der Waals surface area contributed by atoms with Crippen LogP contribution in [0.1, 0.15) is 13.8 Å². The number of carbonyl (C=O) groups excluding carboxylic acids is 2. The molecule has 1 aromatic heterocycles. The molecule has 11 nitrogen and oxygen atoms in total. The number of halogens is 3. The number of hydrogen-bond donors (Lipinski definition) is 3. The topological polar surface area (TPSA) is 149 Å². The summed E-state index contributed by atoms with van der Waals surface area (Å²) in [6, 6.07) is 13.8. The number of nitrogens with zero attached hydrogens (tertiary/aromatic N) is 2. The number of anilines is 4. The third-order valence-electron chi connectivity index (χ3n) is 4.98. The van der Waals surface area contributed by atoms with E-state index in [1.165, 1.54) is 51.5 Å². The number of sulfonamides is 1. The molecule has 3 N–H and O–H groups in total. The quantitative estimate of drug-likeness (QED) is 0.243. The summed E-state index contributed by atoms with van der Waals surface area (Å²) in [5.41, 5.74) is 0.906. The number of hydrogen-bond acceptors (Lipinski definition) is 10. The maximum absolute atomic E-state index is 12.5. The molecule has 3 aromatic rings. The average Bonchev–Trinajstić information content (AvgIpc) is 2.87. The van der Waals surface area contributed by atoms with Gasteiger partial charge in [0.2, 0.25) is 10.0 Å². The highest BCUT2D eigenvalue weighted by atomic mass is 32.2. The van der Waals surface area contributed by atoms with Crippen LogP contribution in [0.2, 0.25) is 0 Å². The summed E-state index contributed by atoms with van der Waals surface area (Å²) >= 11 is 0. The van der Waals surface area contributed by atoms with Crippen LogP contribution in [-0.4, -0.2) is 49.7 Å². The molecule has 0 saturated carbocycles. The van der Waals surface area contributed by atoms with Gasteiger partial charge in [-0.2, -0.15) is 13.2 Å². The van der Waals surface area contributed by atoms with Crippen LogP contribution in [-0.2, 0) is 24.3 Å². The van der Waals surface area contributed by atoms with Gasteiger partial charge >= 0.3 is 18.1 Å². The lowest BCUT2D eigenvalue weighted by Gasteiger charge is -2.21. The van der Waals surface area contributed by atoms with Gasteiger partial charge in [-0.15, -0.1) is 0 Å². The third-order valence-corrected chi connectivity index (χ3v) is 6.40. The van der Waals surface area contributed by atoms with E-state index < -0.39 is 40.2 Å². The minimum Gasteiger partial charge on any atom is -0.478 e. The second-order valence-corrected chi connectivity index (χ2v) is 10.2. The van der Waals surface area contributed by atoms with Crippen LogP contribution in [0.4, 0.5) is 36.2 Å². The highest BCUT2D eigenvalue weighted by molar-refractivity contribution is 7.89. The summed E-state index contributed by atoms with van der Waals surface area (Å²) in [6.45, 7) is 3.04. The number of alkyl halides is 3. The highest BCUT2D eigenvalue weighted by Gasteiger charge is 2.44. The summed E-state index contributed by atoms with van der Waals surface area (Å²) in [5, 5.41) is 5.99. The highest BCUT2D eigenvalue weighted by Crippen LogP contribution is 2.26. The minimum absolute atomic E-state index is 0.0607. The second-order valence-electron chi connectivity index (χ2n) is 8.29. The van der Waals surface area contributed by atoms with Gasteiger partial charge in [0.05, 0.1) is 4.90 Å². The largest absolute Gasteiger partial charge is 0.491 e. The Balaban J connectivity index is 1.73. The molecular weight excluding hydrogens is 543 g/mol. The van der Waals surface area contributed by atoms with Gasteiger partial charge in [-0.3, -0.25) is 0 Å². The van der Waals surface area contributed by atoms with Gasteiger partial charge in [0.1, 0.15) is 23.7 Å². The van der Waals surface area contributed by atoms with E-state index in [1.54, 1.807) is 30.3 Å². The summed E-state index contributed by atoms with van der Waals surface area (Å²) in [6.07, 6.45) is -5.54. The smallest absolute Gasteiger partial charge is 0.478 e. The molecule has 3 rings (SSSR count). The van der Waals surface area contributed by atoms with Crippen LogP contribution in [0.5, 0.6) is 5.75 Å². The van der Waals surface area contributed by atoms with E-state index in [1.807, 2.05) is 0 Å². The van der Waals surface area contributed by atoms with E-state index in [4.69, 9.17) is 4.74 Å². The number of ether oxygens (including phenoxy) is 2. The molecular formula is C24H24F3N5O6S. The van der Waals surface area contributed by atoms with Crippen molar-refractivity contribution in [1.29, 1.82) is 0 Å². The molecule has 39 heavy (non-hydrogen) atoms. The summed E-state index contributed by atoms with van der Waals surface area (Å²) < 4.78 is 73.2. The van der Waals surface area contributed by atoms with Crippen LogP contribution >= 0.6 is 0 Å². The molecule has 0 aliphatic carbocycles. The van der Waals surface area contributed by atoms with Crippen molar-refractivity contribution in [3.8, 4) is 5.75 Å². The number of rotatable bonds is 10. The van der Waals surface area contributed by atoms with Crippen LogP contribution in [0.25, 0.3) is 0 Å². The molecule has 0 bridgehead atoms. The van der Waals surface area contributed by atoms with E-state index in [0.717, 1.165) is 0 Å². The average molecular weight is 568 g/mol. The Labute approximate surface area is 221 Å². The molecule has 2 aromatic carbocycles. The second kappa shape index (κ2) is 12.1. The van der Waals surface area contributed by atoms with Gasteiger partial charge in [0, 0.05) is 29.4 Å². The number of benzene rings is 2. The predicted molar refractivity (Wildman–Crippen MR) is 134 cm³/mol. The fraction of sp³-hybridized carbons (Fsp3) is 0.250. The molecule has 0 amide bonds. The molecule has 1 atom stereocenters.